The third-order valence-corrected chi connectivity index (χ3v) is 3.41. The Labute approximate surface area is 120 Å². The molecule has 1 rings (SSSR count). The smallest absolute Gasteiger partial charge is 0.326 e. The summed E-state index contributed by atoms with van der Waals surface area (Å²) < 4.78 is 0. The Morgan fingerprint density at radius 1 is 1.20 bits per heavy atom. The van der Waals surface area contributed by atoms with Gasteiger partial charge in [-0.2, -0.15) is 0 Å². The molecule has 0 heterocycles. The van der Waals surface area contributed by atoms with E-state index in [0.717, 1.165) is 5.56 Å². The van der Waals surface area contributed by atoms with E-state index in [-0.39, 0.29) is 23.7 Å². The second-order valence-electron chi connectivity index (χ2n) is 6.05. The number of carbonyl (C=O) groups excluding carboxylic acids is 1. The van der Waals surface area contributed by atoms with E-state index in [4.69, 9.17) is 5.11 Å². The molecule has 0 radical (unpaired) electrons. The highest BCUT2D eigenvalue weighted by Crippen LogP contribution is 2.26. The summed E-state index contributed by atoms with van der Waals surface area (Å²) in [6, 6.07) is 8.91. The van der Waals surface area contributed by atoms with E-state index >= 15 is 0 Å². The molecule has 0 unspecified atom stereocenters. The molecule has 4 nitrogen and oxygen atoms in total. The van der Waals surface area contributed by atoms with Crippen LogP contribution in [0.2, 0.25) is 0 Å². The number of carboxylic acid groups (broad SMARTS) is 1. The minimum atomic E-state index is -0.995. The van der Waals surface area contributed by atoms with Gasteiger partial charge in [0, 0.05) is 6.42 Å². The van der Waals surface area contributed by atoms with Crippen LogP contribution in [-0.4, -0.2) is 23.0 Å². The van der Waals surface area contributed by atoms with E-state index < -0.39 is 12.0 Å². The fourth-order valence-corrected chi connectivity index (χ4v) is 2.13. The Balaban J connectivity index is 2.73. The second kappa shape index (κ2) is 6.55. The van der Waals surface area contributed by atoms with Crippen molar-refractivity contribution in [3.63, 3.8) is 0 Å². The van der Waals surface area contributed by atoms with Gasteiger partial charge in [0.1, 0.15) is 6.04 Å². The fourth-order valence-electron chi connectivity index (χ4n) is 2.13. The molecule has 110 valence electrons. The van der Waals surface area contributed by atoms with E-state index in [2.05, 4.69) is 5.32 Å². The first kappa shape index (κ1) is 16.2. The van der Waals surface area contributed by atoms with E-state index in [1.165, 1.54) is 0 Å². The Bertz CT molecular complexity index is 466. The number of hydrogen-bond donors (Lipinski definition) is 2. The molecule has 0 bridgehead atoms. The fraction of sp³-hybridized carbons (Fsp3) is 0.500. The van der Waals surface area contributed by atoms with Crippen LogP contribution in [0.3, 0.4) is 0 Å². The highest BCUT2D eigenvalue weighted by atomic mass is 16.4. The van der Waals surface area contributed by atoms with Crippen LogP contribution in [0, 0.1) is 5.92 Å². The summed E-state index contributed by atoms with van der Waals surface area (Å²) in [5, 5.41) is 11.7. The Morgan fingerprint density at radius 3 is 2.20 bits per heavy atom. The quantitative estimate of drug-likeness (QED) is 0.840. The van der Waals surface area contributed by atoms with Crippen molar-refractivity contribution < 1.29 is 14.7 Å². The van der Waals surface area contributed by atoms with Crippen LogP contribution < -0.4 is 5.32 Å². The Hall–Kier alpha value is -1.84. The lowest BCUT2D eigenvalue weighted by molar-refractivity contribution is -0.143. The second-order valence-corrected chi connectivity index (χ2v) is 6.05. The molecular weight excluding hydrogens is 254 g/mol. The standard InChI is InChI=1S/C16H23NO3/c1-11(2)14(15(19)20)17-13(18)10-16(3,4)12-8-6-5-7-9-12/h5-9,11,14H,10H2,1-4H3,(H,17,18)(H,19,20)/t14-/m1/s1. The molecule has 20 heavy (non-hydrogen) atoms. The molecule has 0 saturated heterocycles. The third kappa shape index (κ3) is 4.37. The summed E-state index contributed by atoms with van der Waals surface area (Å²) in [4.78, 5) is 23.2. The van der Waals surface area contributed by atoms with Crippen molar-refractivity contribution in [3.05, 3.63) is 35.9 Å². The number of amides is 1. The van der Waals surface area contributed by atoms with Crippen LogP contribution in [0.5, 0.6) is 0 Å². The summed E-state index contributed by atoms with van der Waals surface area (Å²) in [5.41, 5.74) is 0.734. The number of aliphatic carboxylic acids is 1. The highest BCUT2D eigenvalue weighted by molar-refractivity contribution is 5.84. The molecule has 2 N–H and O–H groups in total. The van der Waals surface area contributed by atoms with Gasteiger partial charge in [-0.15, -0.1) is 0 Å². The zero-order valence-electron chi connectivity index (χ0n) is 12.5. The largest absolute Gasteiger partial charge is 0.480 e. The van der Waals surface area contributed by atoms with Gasteiger partial charge < -0.3 is 10.4 Å². The van der Waals surface area contributed by atoms with Gasteiger partial charge in [-0.05, 0) is 16.9 Å². The van der Waals surface area contributed by atoms with Gasteiger partial charge >= 0.3 is 5.97 Å². The third-order valence-electron chi connectivity index (χ3n) is 3.41. The molecule has 1 aromatic rings. The van der Waals surface area contributed by atoms with Crippen molar-refractivity contribution in [2.75, 3.05) is 0 Å². The molecule has 0 fully saturated rings. The number of rotatable bonds is 6. The van der Waals surface area contributed by atoms with Gasteiger partial charge in [0.05, 0.1) is 0 Å². The van der Waals surface area contributed by atoms with Gasteiger partial charge in [-0.3, -0.25) is 4.79 Å². The number of benzene rings is 1. The van der Waals surface area contributed by atoms with Crippen LogP contribution in [-0.2, 0) is 15.0 Å². The molecule has 0 aliphatic carbocycles. The van der Waals surface area contributed by atoms with E-state index in [0.29, 0.717) is 0 Å². The molecule has 0 saturated carbocycles. The summed E-state index contributed by atoms with van der Waals surface area (Å²) in [7, 11) is 0. The van der Waals surface area contributed by atoms with Crippen molar-refractivity contribution >= 4 is 11.9 Å². The normalized spacial score (nSPS) is 13.1. The van der Waals surface area contributed by atoms with E-state index in [1.54, 1.807) is 13.8 Å². The number of carbonyl (C=O) groups is 2. The van der Waals surface area contributed by atoms with Crippen molar-refractivity contribution in [2.45, 2.75) is 45.6 Å². The van der Waals surface area contributed by atoms with Crippen molar-refractivity contribution in [3.8, 4) is 0 Å². The first-order chi connectivity index (χ1) is 9.24. The summed E-state index contributed by atoms with van der Waals surface area (Å²) in [6.07, 6.45) is 0.257. The number of carboxylic acids is 1. The summed E-state index contributed by atoms with van der Waals surface area (Å²) in [6.45, 7) is 7.52. The molecule has 1 atom stereocenters. The maximum atomic E-state index is 12.1. The van der Waals surface area contributed by atoms with E-state index in [1.807, 2.05) is 44.2 Å². The molecule has 0 spiro atoms. The van der Waals surface area contributed by atoms with Gasteiger partial charge in [0.25, 0.3) is 0 Å². The SMILES string of the molecule is CC(C)[C@@H](NC(=O)CC(C)(C)c1ccccc1)C(=O)O. The minimum Gasteiger partial charge on any atom is -0.480 e. The molecule has 0 aliphatic rings. The average Bonchev–Trinajstić information content (AvgIpc) is 2.35. The zero-order valence-corrected chi connectivity index (χ0v) is 12.5. The molecule has 4 heteroatoms. The molecular formula is C16H23NO3. The van der Waals surface area contributed by atoms with Gasteiger partial charge in [0.2, 0.25) is 5.91 Å². The first-order valence-electron chi connectivity index (χ1n) is 6.82. The maximum Gasteiger partial charge on any atom is 0.326 e. The minimum absolute atomic E-state index is 0.142. The van der Waals surface area contributed by atoms with Gasteiger partial charge in [-0.25, -0.2) is 4.79 Å². The van der Waals surface area contributed by atoms with Crippen LogP contribution in [0.1, 0.15) is 39.7 Å². The van der Waals surface area contributed by atoms with Crippen molar-refractivity contribution in [1.29, 1.82) is 0 Å². The lowest BCUT2D eigenvalue weighted by Crippen LogP contribution is -2.45. The molecule has 1 amide bonds. The van der Waals surface area contributed by atoms with Crippen LogP contribution >= 0.6 is 0 Å². The molecule has 0 aromatic heterocycles. The molecule has 1 aromatic carbocycles. The van der Waals surface area contributed by atoms with E-state index in [9.17, 15) is 9.59 Å². The number of hydrogen-bond acceptors (Lipinski definition) is 2. The Morgan fingerprint density at radius 2 is 1.75 bits per heavy atom. The molecule has 0 aliphatic heterocycles. The average molecular weight is 277 g/mol. The van der Waals surface area contributed by atoms with Gasteiger partial charge in [-0.1, -0.05) is 58.0 Å². The predicted molar refractivity (Wildman–Crippen MR) is 78.5 cm³/mol. The van der Waals surface area contributed by atoms with Crippen LogP contribution in [0.25, 0.3) is 0 Å². The van der Waals surface area contributed by atoms with Crippen molar-refractivity contribution in [1.82, 2.24) is 5.32 Å². The Kier molecular flexibility index (Phi) is 5.31. The highest BCUT2D eigenvalue weighted by Gasteiger charge is 2.28. The summed E-state index contributed by atoms with van der Waals surface area (Å²) in [5.74, 6) is -1.37. The number of nitrogens with one attached hydrogen (secondary N) is 1. The van der Waals surface area contributed by atoms with Crippen molar-refractivity contribution in [2.24, 2.45) is 5.92 Å². The van der Waals surface area contributed by atoms with Gasteiger partial charge in [0.15, 0.2) is 0 Å². The topological polar surface area (TPSA) is 66.4 Å². The monoisotopic (exact) mass is 277 g/mol. The summed E-state index contributed by atoms with van der Waals surface area (Å²) >= 11 is 0. The zero-order chi connectivity index (χ0) is 15.3. The maximum absolute atomic E-state index is 12.1. The lowest BCUT2D eigenvalue weighted by atomic mass is 9.81. The lowest BCUT2D eigenvalue weighted by Gasteiger charge is -2.26. The first-order valence-corrected chi connectivity index (χ1v) is 6.82. The van der Waals surface area contributed by atoms with Crippen LogP contribution in [0.4, 0.5) is 0 Å². The van der Waals surface area contributed by atoms with Crippen LogP contribution in [0.15, 0.2) is 30.3 Å². The predicted octanol–water partition coefficient (Wildman–Crippen LogP) is 2.58.